The van der Waals surface area contributed by atoms with Crippen LogP contribution in [-0.4, -0.2) is 29.9 Å². The summed E-state index contributed by atoms with van der Waals surface area (Å²) in [4.78, 5) is 13.9. The van der Waals surface area contributed by atoms with Crippen molar-refractivity contribution in [3.05, 3.63) is 34.9 Å². The van der Waals surface area contributed by atoms with Crippen molar-refractivity contribution < 1.29 is 13.6 Å². The molecule has 1 aliphatic heterocycles. The van der Waals surface area contributed by atoms with E-state index in [9.17, 15) is 13.6 Å². The first kappa shape index (κ1) is 15.4. The average molecular weight is 308 g/mol. The molecule has 1 saturated heterocycles. The van der Waals surface area contributed by atoms with Gasteiger partial charge in [-0.15, -0.1) is 0 Å². The number of hydrogen-bond acceptors (Lipinski definition) is 2. The molecule has 5 heteroatoms. The third kappa shape index (κ3) is 3.46. The Bertz CT molecular complexity index is 541. The van der Waals surface area contributed by atoms with Gasteiger partial charge in [-0.05, 0) is 50.3 Å². The highest BCUT2D eigenvalue weighted by atomic mass is 19.1. The number of nitrogens with zero attached hydrogens (tertiary/aromatic N) is 1. The number of piperidine rings is 1. The van der Waals surface area contributed by atoms with Crippen LogP contribution >= 0.6 is 0 Å². The standard InChI is InChI=1S/C17H22F2N2O/c1-11-8-15(18)14(16(19)9-11)10-20-13-4-6-21(7-5-13)17(22)12-2-3-12/h8-9,12-13,20H,2-7,10H2,1H3. The monoisotopic (exact) mass is 308 g/mol. The number of benzene rings is 1. The average Bonchev–Trinajstić information content (AvgIpc) is 3.30. The van der Waals surface area contributed by atoms with Gasteiger partial charge in [0.2, 0.25) is 5.91 Å². The van der Waals surface area contributed by atoms with Gasteiger partial charge in [0.15, 0.2) is 0 Å². The van der Waals surface area contributed by atoms with E-state index in [4.69, 9.17) is 0 Å². The molecular formula is C17H22F2N2O. The Morgan fingerprint density at radius 2 is 1.77 bits per heavy atom. The number of halogens is 2. The van der Waals surface area contributed by atoms with Gasteiger partial charge in [0.25, 0.3) is 0 Å². The minimum Gasteiger partial charge on any atom is -0.342 e. The van der Waals surface area contributed by atoms with E-state index >= 15 is 0 Å². The van der Waals surface area contributed by atoms with Crippen molar-refractivity contribution in [1.82, 2.24) is 10.2 Å². The van der Waals surface area contributed by atoms with Crippen molar-refractivity contribution in [3.8, 4) is 0 Å². The lowest BCUT2D eigenvalue weighted by Gasteiger charge is -2.32. The summed E-state index contributed by atoms with van der Waals surface area (Å²) in [5.41, 5.74) is 0.688. The molecule has 0 unspecified atom stereocenters. The van der Waals surface area contributed by atoms with Crippen LogP contribution in [0.25, 0.3) is 0 Å². The van der Waals surface area contributed by atoms with Crippen molar-refractivity contribution in [2.75, 3.05) is 13.1 Å². The van der Waals surface area contributed by atoms with Gasteiger partial charge in [-0.3, -0.25) is 4.79 Å². The van der Waals surface area contributed by atoms with Gasteiger partial charge in [-0.1, -0.05) is 0 Å². The summed E-state index contributed by atoms with van der Waals surface area (Å²) in [6.07, 6.45) is 3.74. The van der Waals surface area contributed by atoms with Crippen molar-refractivity contribution in [2.24, 2.45) is 5.92 Å². The number of nitrogens with one attached hydrogen (secondary N) is 1. The fourth-order valence-electron chi connectivity index (χ4n) is 3.04. The van der Waals surface area contributed by atoms with Crippen LogP contribution in [-0.2, 0) is 11.3 Å². The number of rotatable bonds is 4. The molecule has 3 rings (SSSR count). The largest absolute Gasteiger partial charge is 0.342 e. The molecule has 1 aromatic rings. The molecule has 120 valence electrons. The third-order valence-electron chi connectivity index (χ3n) is 4.59. The highest BCUT2D eigenvalue weighted by molar-refractivity contribution is 5.81. The quantitative estimate of drug-likeness (QED) is 0.927. The smallest absolute Gasteiger partial charge is 0.225 e. The zero-order chi connectivity index (χ0) is 15.7. The molecule has 0 spiro atoms. The van der Waals surface area contributed by atoms with Crippen LogP contribution in [0.3, 0.4) is 0 Å². The summed E-state index contributed by atoms with van der Waals surface area (Å²) in [6, 6.07) is 2.93. The molecule has 0 radical (unpaired) electrons. The molecule has 1 heterocycles. The fraction of sp³-hybridized carbons (Fsp3) is 0.588. The first-order chi connectivity index (χ1) is 10.5. The summed E-state index contributed by atoms with van der Waals surface area (Å²) in [7, 11) is 0. The zero-order valence-electron chi connectivity index (χ0n) is 12.9. The molecule has 1 amide bonds. The predicted octanol–water partition coefficient (Wildman–Crippen LogP) is 2.76. The summed E-state index contributed by atoms with van der Waals surface area (Å²) in [5, 5.41) is 3.23. The molecule has 0 aromatic heterocycles. The maximum Gasteiger partial charge on any atom is 0.225 e. The van der Waals surface area contributed by atoms with Crippen LogP contribution < -0.4 is 5.32 Å². The number of carbonyl (C=O) groups is 1. The van der Waals surface area contributed by atoms with E-state index in [-0.39, 0.29) is 30.0 Å². The Morgan fingerprint density at radius 1 is 1.18 bits per heavy atom. The van der Waals surface area contributed by atoms with Crippen molar-refractivity contribution in [3.63, 3.8) is 0 Å². The second-order valence-corrected chi connectivity index (χ2v) is 6.46. The van der Waals surface area contributed by atoms with Crippen LogP contribution in [0.15, 0.2) is 12.1 Å². The van der Waals surface area contributed by atoms with Crippen LogP contribution in [0, 0.1) is 24.5 Å². The van der Waals surface area contributed by atoms with Crippen LogP contribution in [0.2, 0.25) is 0 Å². The SMILES string of the molecule is Cc1cc(F)c(CNC2CCN(C(=O)C3CC3)CC2)c(F)c1. The normalized spacial score (nSPS) is 19.5. The van der Waals surface area contributed by atoms with E-state index in [0.29, 0.717) is 5.56 Å². The van der Waals surface area contributed by atoms with Crippen LogP contribution in [0.1, 0.15) is 36.8 Å². The van der Waals surface area contributed by atoms with E-state index < -0.39 is 11.6 Å². The molecular weight excluding hydrogens is 286 g/mol. The molecule has 1 saturated carbocycles. The molecule has 0 atom stereocenters. The fourth-order valence-corrected chi connectivity index (χ4v) is 3.04. The lowest BCUT2D eigenvalue weighted by atomic mass is 10.0. The van der Waals surface area contributed by atoms with E-state index in [1.165, 1.54) is 12.1 Å². The van der Waals surface area contributed by atoms with Gasteiger partial charge in [0.1, 0.15) is 11.6 Å². The van der Waals surface area contributed by atoms with Crippen molar-refractivity contribution in [1.29, 1.82) is 0 Å². The van der Waals surface area contributed by atoms with Gasteiger partial charge in [-0.25, -0.2) is 8.78 Å². The van der Waals surface area contributed by atoms with E-state index in [1.807, 2.05) is 4.90 Å². The van der Waals surface area contributed by atoms with Gasteiger partial charge >= 0.3 is 0 Å². The maximum atomic E-state index is 13.8. The van der Waals surface area contributed by atoms with E-state index in [0.717, 1.165) is 38.8 Å². The second-order valence-electron chi connectivity index (χ2n) is 6.46. The number of amides is 1. The van der Waals surface area contributed by atoms with Crippen LogP contribution in [0.4, 0.5) is 8.78 Å². The summed E-state index contributed by atoms with van der Waals surface area (Å²) in [5.74, 6) is -0.438. The molecule has 22 heavy (non-hydrogen) atoms. The Hall–Kier alpha value is -1.49. The van der Waals surface area contributed by atoms with Gasteiger partial charge in [0.05, 0.1) is 0 Å². The Morgan fingerprint density at radius 3 is 2.32 bits per heavy atom. The Kier molecular flexibility index (Phi) is 4.43. The molecule has 1 aliphatic carbocycles. The molecule has 2 fully saturated rings. The first-order valence-electron chi connectivity index (χ1n) is 8.01. The summed E-state index contributed by atoms with van der Waals surface area (Å²) in [6.45, 7) is 3.35. The summed E-state index contributed by atoms with van der Waals surface area (Å²) >= 11 is 0. The van der Waals surface area contributed by atoms with Gasteiger partial charge in [-0.2, -0.15) is 0 Å². The van der Waals surface area contributed by atoms with Crippen LogP contribution in [0.5, 0.6) is 0 Å². The number of aryl methyl sites for hydroxylation is 1. The van der Waals surface area contributed by atoms with E-state index in [1.54, 1.807) is 6.92 Å². The minimum absolute atomic E-state index is 0.0992. The number of carbonyl (C=O) groups excluding carboxylic acids is 1. The zero-order valence-corrected chi connectivity index (χ0v) is 12.9. The van der Waals surface area contributed by atoms with Gasteiger partial charge < -0.3 is 10.2 Å². The lowest BCUT2D eigenvalue weighted by molar-refractivity contribution is -0.133. The Labute approximate surface area is 129 Å². The maximum absolute atomic E-state index is 13.8. The molecule has 1 N–H and O–H groups in total. The highest BCUT2D eigenvalue weighted by Gasteiger charge is 2.34. The first-order valence-corrected chi connectivity index (χ1v) is 8.01. The van der Waals surface area contributed by atoms with Crippen molar-refractivity contribution in [2.45, 2.75) is 45.2 Å². The molecule has 1 aromatic carbocycles. The lowest BCUT2D eigenvalue weighted by Crippen LogP contribution is -2.45. The number of hydrogen-bond donors (Lipinski definition) is 1. The number of likely N-dealkylation sites (tertiary alicyclic amines) is 1. The van der Waals surface area contributed by atoms with Gasteiger partial charge in [0, 0.05) is 37.2 Å². The Balaban J connectivity index is 1.50. The second kappa shape index (κ2) is 6.32. The topological polar surface area (TPSA) is 32.3 Å². The third-order valence-corrected chi connectivity index (χ3v) is 4.59. The predicted molar refractivity (Wildman–Crippen MR) is 80.3 cm³/mol. The van der Waals surface area contributed by atoms with Crippen molar-refractivity contribution >= 4 is 5.91 Å². The summed E-state index contributed by atoms with van der Waals surface area (Å²) < 4.78 is 27.6. The molecule has 2 aliphatic rings. The highest BCUT2D eigenvalue weighted by Crippen LogP contribution is 2.31. The molecule has 0 bridgehead atoms. The molecule has 3 nitrogen and oxygen atoms in total. The minimum atomic E-state index is -0.494. The van der Waals surface area contributed by atoms with E-state index in [2.05, 4.69) is 5.32 Å².